The molecule has 0 saturated heterocycles. The largest absolute Gasteiger partial charge is 0.496 e. The molecule has 0 radical (unpaired) electrons. The van der Waals surface area contributed by atoms with Crippen LogP contribution in [0.2, 0.25) is 0 Å². The monoisotopic (exact) mass is 315 g/mol. The van der Waals surface area contributed by atoms with Crippen LogP contribution in [-0.2, 0) is 4.84 Å². The van der Waals surface area contributed by atoms with Gasteiger partial charge in [-0.05, 0) is 24.3 Å². The van der Waals surface area contributed by atoms with Crippen LogP contribution in [0.15, 0.2) is 42.5 Å². The molecule has 0 bridgehead atoms. The molecule has 0 atom stereocenters. The van der Waals surface area contributed by atoms with Crippen molar-refractivity contribution in [1.29, 1.82) is 0 Å². The van der Waals surface area contributed by atoms with Gasteiger partial charge >= 0.3 is 5.97 Å². The normalized spacial score (nSPS) is 13.0. The minimum atomic E-state index is -1.20. The van der Waals surface area contributed by atoms with Crippen LogP contribution in [0, 0.1) is 5.82 Å². The van der Waals surface area contributed by atoms with E-state index in [9.17, 15) is 18.8 Å². The lowest BCUT2D eigenvalue weighted by Gasteiger charge is -2.14. The summed E-state index contributed by atoms with van der Waals surface area (Å²) >= 11 is 0. The molecule has 1 heterocycles. The average Bonchev–Trinajstić information content (AvgIpc) is 2.80. The fourth-order valence-electron chi connectivity index (χ4n) is 2.25. The third-order valence-electron chi connectivity index (χ3n) is 3.33. The van der Waals surface area contributed by atoms with Crippen LogP contribution in [-0.4, -0.2) is 30.0 Å². The first kappa shape index (κ1) is 14.7. The highest BCUT2D eigenvalue weighted by Gasteiger charge is 2.39. The Morgan fingerprint density at radius 3 is 2.17 bits per heavy atom. The predicted octanol–water partition coefficient (Wildman–Crippen LogP) is 2.20. The maximum atomic E-state index is 13.8. The SMILES string of the molecule is COc1cccc(F)c1C(=O)ON1C(=O)c2ccccc2C1=O. The van der Waals surface area contributed by atoms with Crippen molar-refractivity contribution in [3.63, 3.8) is 0 Å². The number of carbonyl (C=O) groups is 3. The molecule has 0 saturated carbocycles. The number of hydrogen-bond donors (Lipinski definition) is 0. The van der Waals surface area contributed by atoms with E-state index in [2.05, 4.69) is 0 Å². The summed E-state index contributed by atoms with van der Waals surface area (Å²) in [7, 11) is 1.26. The Kier molecular flexibility index (Phi) is 3.53. The first-order valence-electron chi connectivity index (χ1n) is 6.57. The Bertz CT molecular complexity index is 798. The number of nitrogens with zero attached hydrogens (tertiary/aromatic N) is 1. The zero-order valence-electron chi connectivity index (χ0n) is 11.9. The van der Waals surface area contributed by atoms with Crippen LogP contribution in [0.3, 0.4) is 0 Å². The number of hydroxylamine groups is 2. The van der Waals surface area contributed by atoms with Crippen molar-refractivity contribution in [1.82, 2.24) is 5.06 Å². The molecule has 3 rings (SSSR count). The highest BCUT2D eigenvalue weighted by atomic mass is 19.1. The predicted molar refractivity (Wildman–Crippen MR) is 75.3 cm³/mol. The zero-order valence-corrected chi connectivity index (χ0v) is 11.9. The lowest BCUT2D eigenvalue weighted by molar-refractivity contribution is -0.0589. The molecule has 0 spiro atoms. The number of fused-ring (bicyclic) bond motifs is 1. The number of carbonyl (C=O) groups excluding carboxylic acids is 3. The highest BCUT2D eigenvalue weighted by molar-refractivity contribution is 6.21. The van der Waals surface area contributed by atoms with Gasteiger partial charge in [-0.2, -0.15) is 0 Å². The second-order valence-electron chi connectivity index (χ2n) is 4.65. The van der Waals surface area contributed by atoms with E-state index in [1.54, 1.807) is 12.1 Å². The molecule has 0 fully saturated rings. The van der Waals surface area contributed by atoms with Crippen LogP contribution < -0.4 is 4.74 Å². The molecule has 0 N–H and O–H groups in total. The number of amides is 2. The Hall–Kier alpha value is -3.22. The van der Waals surface area contributed by atoms with Crippen molar-refractivity contribution in [2.24, 2.45) is 0 Å². The molecule has 2 amide bonds. The third-order valence-corrected chi connectivity index (χ3v) is 3.33. The Balaban J connectivity index is 1.91. The fourth-order valence-corrected chi connectivity index (χ4v) is 2.25. The van der Waals surface area contributed by atoms with Gasteiger partial charge in [-0.25, -0.2) is 9.18 Å². The number of benzene rings is 2. The van der Waals surface area contributed by atoms with Crippen molar-refractivity contribution in [3.8, 4) is 5.75 Å². The van der Waals surface area contributed by atoms with E-state index in [4.69, 9.17) is 9.57 Å². The van der Waals surface area contributed by atoms with E-state index in [1.807, 2.05) is 0 Å². The Morgan fingerprint density at radius 1 is 1.00 bits per heavy atom. The lowest BCUT2D eigenvalue weighted by atomic mass is 10.1. The van der Waals surface area contributed by atoms with Gasteiger partial charge in [0.05, 0.1) is 18.2 Å². The van der Waals surface area contributed by atoms with Gasteiger partial charge in [-0.1, -0.05) is 23.3 Å². The quantitative estimate of drug-likeness (QED) is 0.812. The molecule has 116 valence electrons. The molecule has 2 aromatic carbocycles. The molecular weight excluding hydrogens is 305 g/mol. The standard InChI is InChI=1S/C16H10FNO5/c1-22-12-8-4-7-11(17)13(12)16(21)23-18-14(19)9-5-2-3-6-10(9)15(18)20/h2-8H,1H3. The van der Waals surface area contributed by atoms with Gasteiger partial charge in [-0.15, -0.1) is 0 Å². The van der Waals surface area contributed by atoms with E-state index < -0.39 is 29.2 Å². The maximum absolute atomic E-state index is 13.8. The van der Waals surface area contributed by atoms with Crippen LogP contribution in [0.5, 0.6) is 5.75 Å². The molecular formula is C16H10FNO5. The van der Waals surface area contributed by atoms with Gasteiger partial charge in [0.15, 0.2) is 0 Å². The summed E-state index contributed by atoms with van der Waals surface area (Å²) in [5.74, 6) is -3.71. The molecule has 7 heteroatoms. The Labute approximate surface area is 130 Å². The van der Waals surface area contributed by atoms with E-state index in [1.165, 1.54) is 31.4 Å². The summed E-state index contributed by atoms with van der Waals surface area (Å²) in [5, 5.41) is 0.318. The van der Waals surface area contributed by atoms with Crippen molar-refractivity contribution in [3.05, 3.63) is 65.0 Å². The molecule has 0 aliphatic carbocycles. The first-order valence-corrected chi connectivity index (χ1v) is 6.57. The number of halogens is 1. The number of hydrogen-bond acceptors (Lipinski definition) is 5. The number of rotatable bonds is 3. The minimum Gasteiger partial charge on any atom is -0.496 e. The van der Waals surface area contributed by atoms with Crippen molar-refractivity contribution in [2.75, 3.05) is 7.11 Å². The topological polar surface area (TPSA) is 72.9 Å². The van der Waals surface area contributed by atoms with Crippen LogP contribution >= 0.6 is 0 Å². The molecule has 23 heavy (non-hydrogen) atoms. The van der Waals surface area contributed by atoms with Crippen LogP contribution in [0.4, 0.5) is 4.39 Å². The lowest BCUT2D eigenvalue weighted by Crippen LogP contribution is -2.33. The number of methoxy groups -OCH3 is 1. The van der Waals surface area contributed by atoms with Crippen LogP contribution in [0.1, 0.15) is 31.1 Å². The zero-order chi connectivity index (χ0) is 16.6. The Morgan fingerprint density at radius 2 is 1.61 bits per heavy atom. The van der Waals surface area contributed by atoms with Crippen molar-refractivity contribution in [2.45, 2.75) is 0 Å². The summed E-state index contributed by atoms with van der Waals surface area (Å²) in [6, 6.07) is 9.79. The second-order valence-corrected chi connectivity index (χ2v) is 4.65. The van der Waals surface area contributed by atoms with E-state index in [-0.39, 0.29) is 16.9 Å². The van der Waals surface area contributed by atoms with E-state index in [0.717, 1.165) is 6.07 Å². The summed E-state index contributed by atoms with van der Waals surface area (Å²) in [5.41, 5.74) is -0.261. The number of imide groups is 1. The molecule has 1 aliphatic rings. The van der Waals surface area contributed by atoms with Gasteiger partial charge in [0, 0.05) is 0 Å². The summed E-state index contributed by atoms with van der Waals surface area (Å²) in [6.07, 6.45) is 0. The fraction of sp³-hybridized carbons (Fsp3) is 0.0625. The van der Waals surface area contributed by atoms with Crippen molar-refractivity contribution >= 4 is 17.8 Å². The first-order chi connectivity index (χ1) is 11.0. The number of ether oxygens (including phenoxy) is 1. The summed E-state index contributed by atoms with van der Waals surface area (Å²) < 4.78 is 18.7. The smallest absolute Gasteiger partial charge is 0.370 e. The van der Waals surface area contributed by atoms with E-state index >= 15 is 0 Å². The molecule has 0 unspecified atom stereocenters. The van der Waals surface area contributed by atoms with E-state index in [0.29, 0.717) is 5.06 Å². The van der Waals surface area contributed by atoms with Gasteiger partial charge in [0.25, 0.3) is 11.8 Å². The van der Waals surface area contributed by atoms with Gasteiger partial charge < -0.3 is 9.57 Å². The minimum absolute atomic E-state index is 0.0633. The summed E-state index contributed by atoms with van der Waals surface area (Å²) in [4.78, 5) is 41.2. The average molecular weight is 315 g/mol. The summed E-state index contributed by atoms with van der Waals surface area (Å²) in [6.45, 7) is 0. The molecule has 2 aromatic rings. The van der Waals surface area contributed by atoms with Crippen LogP contribution in [0.25, 0.3) is 0 Å². The van der Waals surface area contributed by atoms with Gasteiger partial charge in [-0.3, -0.25) is 9.59 Å². The second kappa shape index (κ2) is 5.53. The highest BCUT2D eigenvalue weighted by Crippen LogP contribution is 2.26. The molecule has 1 aliphatic heterocycles. The van der Waals surface area contributed by atoms with Crippen molar-refractivity contribution < 1.29 is 28.3 Å². The maximum Gasteiger partial charge on any atom is 0.370 e. The molecule has 6 nitrogen and oxygen atoms in total. The third kappa shape index (κ3) is 2.32. The van der Waals surface area contributed by atoms with Gasteiger partial charge in [0.1, 0.15) is 17.1 Å². The van der Waals surface area contributed by atoms with Gasteiger partial charge in [0.2, 0.25) is 0 Å². The molecule has 0 aromatic heterocycles.